The van der Waals surface area contributed by atoms with E-state index in [1.807, 2.05) is 13.8 Å². The summed E-state index contributed by atoms with van der Waals surface area (Å²) in [4.78, 5) is 29.1. The van der Waals surface area contributed by atoms with Crippen LogP contribution in [-0.4, -0.2) is 49.0 Å². The van der Waals surface area contributed by atoms with Crippen molar-refractivity contribution in [1.82, 2.24) is 30.4 Å². The van der Waals surface area contributed by atoms with Crippen molar-refractivity contribution in [3.63, 3.8) is 0 Å². The number of hydrogen-bond donors (Lipinski definition) is 1. The maximum atomic E-state index is 13.3. The van der Waals surface area contributed by atoms with Crippen LogP contribution in [0.3, 0.4) is 0 Å². The quantitative estimate of drug-likeness (QED) is 0.543. The van der Waals surface area contributed by atoms with Crippen LogP contribution in [0.4, 0.5) is 0 Å². The molecule has 170 valence electrons. The summed E-state index contributed by atoms with van der Waals surface area (Å²) >= 11 is 0. The maximum absolute atomic E-state index is 13.3. The van der Waals surface area contributed by atoms with Crippen LogP contribution in [0.25, 0.3) is 11.6 Å². The Morgan fingerprint density at radius 1 is 1.28 bits per heavy atom. The van der Waals surface area contributed by atoms with Gasteiger partial charge in [0.1, 0.15) is 24.1 Å². The summed E-state index contributed by atoms with van der Waals surface area (Å²) in [7, 11) is 0. The molecule has 1 aliphatic rings. The Morgan fingerprint density at radius 2 is 2.09 bits per heavy atom. The van der Waals surface area contributed by atoms with E-state index in [0.29, 0.717) is 23.8 Å². The Kier molecular flexibility index (Phi) is 6.67. The lowest BCUT2D eigenvalue weighted by Gasteiger charge is -2.30. The number of amides is 2. The molecule has 1 saturated carbocycles. The molecule has 0 radical (unpaired) electrons. The van der Waals surface area contributed by atoms with Gasteiger partial charge in [-0.3, -0.25) is 9.59 Å². The molecule has 10 heteroatoms. The van der Waals surface area contributed by atoms with Crippen LogP contribution in [0, 0.1) is 6.92 Å². The van der Waals surface area contributed by atoms with Crippen molar-refractivity contribution < 1.29 is 18.4 Å². The van der Waals surface area contributed by atoms with Gasteiger partial charge in [0.2, 0.25) is 17.6 Å². The molecule has 3 aromatic heterocycles. The molecule has 4 rings (SSSR count). The first-order valence-electron chi connectivity index (χ1n) is 11.0. The maximum Gasteiger partial charge on any atom is 0.247 e. The second-order valence-electron chi connectivity index (χ2n) is 8.07. The minimum atomic E-state index is -0.621. The first-order chi connectivity index (χ1) is 15.5. The summed E-state index contributed by atoms with van der Waals surface area (Å²) < 4.78 is 11.0. The largest absolute Gasteiger partial charge is 0.467 e. The smallest absolute Gasteiger partial charge is 0.247 e. The minimum Gasteiger partial charge on any atom is -0.467 e. The number of hydrogen-bond acceptors (Lipinski definition) is 7. The zero-order valence-corrected chi connectivity index (χ0v) is 18.4. The molecule has 3 heterocycles. The number of carbonyl (C=O) groups excluding carboxylic acids is 2. The number of aryl methyl sites for hydroxylation is 1. The average Bonchev–Trinajstić information content (AvgIpc) is 3.56. The van der Waals surface area contributed by atoms with Crippen molar-refractivity contribution in [1.29, 1.82) is 0 Å². The van der Waals surface area contributed by atoms with E-state index in [9.17, 15) is 9.59 Å². The molecular weight excluding hydrogens is 412 g/mol. The van der Waals surface area contributed by atoms with Gasteiger partial charge in [-0.15, -0.1) is 10.2 Å². The standard InChI is InChI=1S/C22H28N6O4/c1-3-18(22(30)23-16-7-4-5-8-16)27(13-17-9-6-12-31-17)20(29)14-28-25-21(24-26-28)19-11-10-15(2)32-19/h6,9-12,16,18H,3-5,7-8,13-14H2,1-2H3,(H,23,30). The number of nitrogens with one attached hydrogen (secondary N) is 1. The first-order valence-corrected chi connectivity index (χ1v) is 11.0. The van der Waals surface area contributed by atoms with Crippen LogP contribution in [0.1, 0.15) is 50.5 Å². The van der Waals surface area contributed by atoms with Crippen LogP contribution < -0.4 is 5.32 Å². The third kappa shape index (κ3) is 5.06. The summed E-state index contributed by atoms with van der Waals surface area (Å²) in [5.74, 6) is 1.68. The van der Waals surface area contributed by atoms with E-state index in [0.717, 1.165) is 31.4 Å². The fourth-order valence-corrected chi connectivity index (χ4v) is 4.03. The highest BCUT2D eigenvalue weighted by atomic mass is 16.3. The lowest BCUT2D eigenvalue weighted by Crippen LogP contribution is -2.51. The number of furan rings is 2. The van der Waals surface area contributed by atoms with Gasteiger partial charge in [0.05, 0.1) is 12.8 Å². The topological polar surface area (TPSA) is 119 Å². The zero-order valence-electron chi connectivity index (χ0n) is 18.4. The van der Waals surface area contributed by atoms with E-state index in [-0.39, 0.29) is 30.9 Å². The van der Waals surface area contributed by atoms with Crippen molar-refractivity contribution in [2.75, 3.05) is 0 Å². The number of rotatable bonds is 9. The summed E-state index contributed by atoms with van der Waals surface area (Å²) in [6.07, 6.45) is 6.22. The van der Waals surface area contributed by atoms with Gasteiger partial charge in [-0.25, -0.2) is 0 Å². The Balaban J connectivity index is 1.50. The molecule has 3 aromatic rings. The summed E-state index contributed by atoms with van der Waals surface area (Å²) in [6, 6.07) is 6.65. The van der Waals surface area contributed by atoms with Gasteiger partial charge >= 0.3 is 0 Å². The van der Waals surface area contributed by atoms with Crippen molar-refractivity contribution in [2.45, 2.75) is 71.1 Å². The predicted molar refractivity (Wildman–Crippen MR) is 114 cm³/mol. The van der Waals surface area contributed by atoms with Gasteiger partial charge in [-0.1, -0.05) is 19.8 Å². The predicted octanol–water partition coefficient (Wildman–Crippen LogP) is 2.70. The van der Waals surface area contributed by atoms with Crippen molar-refractivity contribution in [2.24, 2.45) is 0 Å². The number of carbonyl (C=O) groups is 2. The first kappa shape index (κ1) is 21.8. The molecule has 0 saturated heterocycles. The van der Waals surface area contributed by atoms with Gasteiger partial charge in [0.25, 0.3) is 0 Å². The Morgan fingerprint density at radius 3 is 2.75 bits per heavy atom. The van der Waals surface area contributed by atoms with Crippen LogP contribution in [0.2, 0.25) is 0 Å². The molecule has 1 atom stereocenters. The van der Waals surface area contributed by atoms with Crippen LogP contribution in [-0.2, 0) is 22.7 Å². The highest BCUT2D eigenvalue weighted by Crippen LogP contribution is 2.20. The molecular formula is C22H28N6O4. The van der Waals surface area contributed by atoms with Gasteiger partial charge in [0, 0.05) is 6.04 Å². The fourth-order valence-electron chi connectivity index (χ4n) is 4.03. The molecule has 0 spiro atoms. The van der Waals surface area contributed by atoms with Crippen LogP contribution >= 0.6 is 0 Å². The Labute approximate surface area is 185 Å². The molecule has 1 N–H and O–H groups in total. The van der Waals surface area contributed by atoms with Gasteiger partial charge < -0.3 is 19.1 Å². The number of tetrazole rings is 1. The molecule has 0 aliphatic heterocycles. The molecule has 0 aromatic carbocycles. The van der Waals surface area contributed by atoms with Crippen molar-refractivity contribution >= 4 is 11.8 Å². The number of aromatic nitrogens is 4. The molecule has 1 unspecified atom stereocenters. The molecule has 0 bridgehead atoms. The fraction of sp³-hybridized carbons (Fsp3) is 0.500. The molecule has 1 aliphatic carbocycles. The van der Waals surface area contributed by atoms with Crippen LogP contribution in [0.15, 0.2) is 39.4 Å². The highest BCUT2D eigenvalue weighted by Gasteiger charge is 2.31. The zero-order chi connectivity index (χ0) is 22.5. The minimum absolute atomic E-state index is 0.141. The molecule has 32 heavy (non-hydrogen) atoms. The van der Waals surface area contributed by atoms with E-state index in [1.165, 1.54) is 9.70 Å². The van der Waals surface area contributed by atoms with E-state index >= 15 is 0 Å². The second kappa shape index (κ2) is 9.80. The van der Waals surface area contributed by atoms with Gasteiger partial charge in [-0.2, -0.15) is 4.80 Å². The highest BCUT2D eigenvalue weighted by molar-refractivity contribution is 5.87. The Bertz CT molecular complexity index is 1030. The monoisotopic (exact) mass is 440 g/mol. The molecule has 2 amide bonds. The van der Waals surface area contributed by atoms with Crippen molar-refractivity contribution in [3.05, 3.63) is 42.0 Å². The summed E-state index contributed by atoms with van der Waals surface area (Å²) in [5, 5.41) is 15.3. The average molecular weight is 441 g/mol. The lowest BCUT2D eigenvalue weighted by molar-refractivity contribution is -0.142. The van der Waals surface area contributed by atoms with Gasteiger partial charge in [0.15, 0.2) is 5.76 Å². The summed E-state index contributed by atoms with van der Waals surface area (Å²) in [6.45, 7) is 3.75. The van der Waals surface area contributed by atoms with E-state index in [4.69, 9.17) is 8.83 Å². The number of nitrogens with zero attached hydrogens (tertiary/aromatic N) is 5. The summed E-state index contributed by atoms with van der Waals surface area (Å²) in [5.41, 5.74) is 0. The SMILES string of the molecule is CCC(C(=O)NC1CCCC1)N(Cc1ccco1)C(=O)Cn1nnc(-c2ccc(C)o2)n1. The molecule has 10 nitrogen and oxygen atoms in total. The second-order valence-corrected chi connectivity index (χ2v) is 8.07. The Hall–Kier alpha value is -3.43. The lowest BCUT2D eigenvalue weighted by atomic mass is 10.1. The molecule has 1 fully saturated rings. The van der Waals surface area contributed by atoms with Gasteiger partial charge in [-0.05, 0) is 55.7 Å². The normalized spacial score (nSPS) is 15.1. The van der Waals surface area contributed by atoms with E-state index < -0.39 is 6.04 Å². The van der Waals surface area contributed by atoms with E-state index in [2.05, 4.69) is 20.7 Å². The van der Waals surface area contributed by atoms with Crippen molar-refractivity contribution in [3.8, 4) is 11.6 Å². The third-order valence-electron chi connectivity index (χ3n) is 5.68. The third-order valence-corrected chi connectivity index (χ3v) is 5.68. The van der Waals surface area contributed by atoms with Crippen LogP contribution in [0.5, 0.6) is 0 Å². The van der Waals surface area contributed by atoms with E-state index in [1.54, 1.807) is 30.5 Å².